The second-order valence-electron chi connectivity index (χ2n) is 8.26. The molecule has 1 aliphatic rings. The van der Waals surface area contributed by atoms with Crippen LogP contribution < -0.4 is 16.6 Å². The molecule has 0 aliphatic carbocycles. The molecule has 2 heterocycles. The van der Waals surface area contributed by atoms with Gasteiger partial charge in [-0.25, -0.2) is 4.79 Å². The Morgan fingerprint density at radius 3 is 2.48 bits per heavy atom. The highest BCUT2D eigenvalue weighted by atomic mass is 16.5. The van der Waals surface area contributed by atoms with Crippen molar-refractivity contribution in [2.45, 2.75) is 52.8 Å². The van der Waals surface area contributed by atoms with Crippen molar-refractivity contribution in [3.63, 3.8) is 0 Å². The molecule has 1 aliphatic heterocycles. The molecule has 1 fully saturated rings. The first-order valence-electron chi connectivity index (χ1n) is 10.6. The number of fused-ring (bicyclic) bond motifs is 1. The van der Waals surface area contributed by atoms with E-state index in [4.69, 9.17) is 4.74 Å². The van der Waals surface area contributed by atoms with E-state index in [1.165, 1.54) is 9.13 Å². The van der Waals surface area contributed by atoms with Gasteiger partial charge >= 0.3 is 5.69 Å². The number of nitrogens with zero attached hydrogens (tertiary/aromatic N) is 2. The number of nitrogens with one attached hydrogen (secondary N) is 1. The average molecular weight is 421 g/mol. The molecule has 0 bridgehead atoms. The van der Waals surface area contributed by atoms with E-state index in [-0.39, 0.29) is 30.7 Å². The number of hydrogen-bond acceptors (Lipinski definition) is 4. The fourth-order valence-electron chi connectivity index (χ4n) is 4.38. The first kappa shape index (κ1) is 21.1. The number of rotatable bonds is 5. The van der Waals surface area contributed by atoms with Crippen molar-refractivity contribution in [2.24, 2.45) is 0 Å². The van der Waals surface area contributed by atoms with Gasteiger partial charge in [0, 0.05) is 12.3 Å². The van der Waals surface area contributed by atoms with E-state index in [1.54, 1.807) is 24.3 Å². The maximum Gasteiger partial charge on any atom is 0.332 e. The van der Waals surface area contributed by atoms with E-state index in [0.29, 0.717) is 17.5 Å². The van der Waals surface area contributed by atoms with Crippen LogP contribution in [-0.2, 0) is 22.6 Å². The Kier molecular flexibility index (Phi) is 5.78. The maximum atomic E-state index is 13.2. The van der Waals surface area contributed by atoms with Crippen molar-refractivity contribution in [2.75, 3.05) is 11.9 Å². The summed E-state index contributed by atoms with van der Waals surface area (Å²) in [5.41, 5.74) is 3.41. The summed E-state index contributed by atoms with van der Waals surface area (Å²) >= 11 is 0. The number of carbonyl (C=O) groups excluding carboxylic acids is 1. The number of ether oxygens (including phenoxy) is 1. The summed E-state index contributed by atoms with van der Waals surface area (Å²) in [6, 6.07) is 10.9. The van der Waals surface area contributed by atoms with Crippen LogP contribution in [-0.4, -0.2) is 27.8 Å². The Balaban J connectivity index is 1.72. The molecule has 1 amide bonds. The van der Waals surface area contributed by atoms with Gasteiger partial charge in [-0.3, -0.25) is 18.7 Å². The molecule has 0 saturated carbocycles. The van der Waals surface area contributed by atoms with Crippen LogP contribution >= 0.6 is 0 Å². The van der Waals surface area contributed by atoms with E-state index in [9.17, 15) is 14.4 Å². The largest absolute Gasteiger partial charge is 0.376 e. The lowest BCUT2D eigenvalue weighted by molar-refractivity contribution is -0.116. The highest BCUT2D eigenvalue weighted by molar-refractivity contribution is 5.93. The number of aromatic nitrogens is 2. The summed E-state index contributed by atoms with van der Waals surface area (Å²) in [4.78, 5) is 39.2. The van der Waals surface area contributed by atoms with E-state index >= 15 is 0 Å². The van der Waals surface area contributed by atoms with Gasteiger partial charge in [0.1, 0.15) is 6.54 Å². The van der Waals surface area contributed by atoms with Gasteiger partial charge in [-0.15, -0.1) is 0 Å². The zero-order valence-corrected chi connectivity index (χ0v) is 18.1. The Morgan fingerprint density at radius 2 is 1.81 bits per heavy atom. The van der Waals surface area contributed by atoms with Crippen LogP contribution in [0.25, 0.3) is 10.9 Å². The Morgan fingerprint density at radius 1 is 1.10 bits per heavy atom. The minimum atomic E-state index is -0.494. The van der Waals surface area contributed by atoms with Crippen LogP contribution in [0.5, 0.6) is 0 Å². The summed E-state index contributed by atoms with van der Waals surface area (Å²) < 4.78 is 8.20. The number of benzene rings is 2. The molecule has 162 valence electrons. The number of hydrogen-bond donors (Lipinski definition) is 1. The van der Waals surface area contributed by atoms with Crippen LogP contribution in [0.15, 0.2) is 46.0 Å². The molecule has 1 atom stereocenters. The van der Waals surface area contributed by atoms with E-state index < -0.39 is 5.69 Å². The maximum absolute atomic E-state index is 13.2. The van der Waals surface area contributed by atoms with Crippen LogP contribution in [0.2, 0.25) is 0 Å². The second kappa shape index (κ2) is 8.51. The van der Waals surface area contributed by atoms with Crippen molar-refractivity contribution in [1.29, 1.82) is 0 Å². The third-order valence-electron chi connectivity index (χ3n) is 5.79. The fourth-order valence-corrected chi connectivity index (χ4v) is 4.38. The molecular formula is C24H27N3O4. The van der Waals surface area contributed by atoms with E-state index in [2.05, 4.69) is 5.32 Å². The summed E-state index contributed by atoms with van der Waals surface area (Å²) in [6.45, 7) is 6.55. The normalized spacial score (nSPS) is 16.0. The average Bonchev–Trinajstić information content (AvgIpc) is 3.24. The van der Waals surface area contributed by atoms with Gasteiger partial charge in [0.25, 0.3) is 5.56 Å². The molecule has 1 saturated heterocycles. The topological polar surface area (TPSA) is 82.3 Å². The van der Waals surface area contributed by atoms with Crippen molar-refractivity contribution >= 4 is 22.5 Å². The van der Waals surface area contributed by atoms with Gasteiger partial charge in [-0.05, 0) is 56.9 Å². The van der Waals surface area contributed by atoms with Crippen LogP contribution in [0, 0.1) is 20.8 Å². The van der Waals surface area contributed by atoms with Crippen molar-refractivity contribution < 1.29 is 9.53 Å². The quantitative estimate of drug-likeness (QED) is 0.687. The first-order valence-corrected chi connectivity index (χ1v) is 10.6. The number of amides is 1. The molecule has 7 nitrogen and oxygen atoms in total. The van der Waals surface area contributed by atoms with Gasteiger partial charge in [0.15, 0.2) is 0 Å². The fraction of sp³-hybridized carbons (Fsp3) is 0.375. The predicted octanol–water partition coefficient (Wildman–Crippen LogP) is 2.91. The summed E-state index contributed by atoms with van der Waals surface area (Å²) in [5.74, 6) is -0.315. The molecule has 4 rings (SSSR count). The van der Waals surface area contributed by atoms with Crippen LogP contribution in [0.1, 0.15) is 29.5 Å². The Labute approximate surface area is 180 Å². The zero-order valence-electron chi connectivity index (χ0n) is 18.1. The second-order valence-corrected chi connectivity index (χ2v) is 8.26. The standard InChI is InChI=1S/C24H27N3O4/c1-15-11-16(2)22(17(3)12-15)25-21(28)14-26-20-9-5-4-8-19(20)23(29)27(24(26)30)13-18-7-6-10-31-18/h4-5,8-9,11-12,18H,6-7,10,13-14H2,1-3H3,(H,25,28)/t18-/m1/s1. The number of aryl methyl sites for hydroxylation is 3. The monoisotopic (exact) mass is 421 g/mol. The molecular weight excluding hydrogens is 394 g/mol. The number of para-hydroxylation sites is 1. The highest BCUT2D eigenvalue weighted by Gasteiger charge is 2.21. The van der Waals surface area contributed by atoms with Crippen LogP contribution in [0.3, 0.4) is 0 Å². The smallest absolute Gasteiger partial charge is 0.332 e. The summed E-state index contributed by atoms with van der Waals surface area (Å²) in [6.07, 6.45) is 1.57. The predicted molar refractivity (Wildman–Crippen MR) is 121 cm³/mol. The van der Waals surface area contributed by atoms with Crippen molar-refractivity contribution in [3.8, 4) is 0 Å². The van der Waals surface area contributed by atoms with E-state index in [0.717, 1.165) is 35.2 Å². The van der Waals surface area contributed by atoms with Gasteiger partial charge in [0.05, 0.1) is 23.6 Å². The summed E-state index contributed by atoms with van der Waals surface area (Å²) in [7, 11) is 0. The number of carbonyl (C=O) groups is 1. The van der Waals surface area contributed by atoms with Gasteiger partial charge in [-0.2, -0.15) is 0 Å². The molecule has 31 heavy (non-hydrogen) atoms. The third-order valence-corrected chi connectivity index (χ3v) is 5.79. The lowest BCUT2D eigenvalue weighted by atomic mass is 10.1. The Hall–Kier alpha value is -3.19. The molecule has 0 radical (unpaired) electrons. The van der Waals surface area contributed by atoms with Crippen molar-refractivity contribution in [3.05, 3.63) is 73.9 Å². The third kappa shape index (κ3) is 4.18. The van der Waals surface area contributed by atoms with E-state index in [1.807, 2.05) is 32.9 Å². The number of anilines is 1. The molecule has 2 aromatic carbocycles. The Bertz CT molecular complexity index is 1240. The molecule has 0 spiro atoms. The highest BCUT2D eigenvalue weighted by Crippen LogP contribution is 2.22. The SMILES string of the molecule is Cc1cc(C)c(NC(=O)Cn2c(=O)n(C[C@H]3CCCO3)c(=O)c3ccccc32)c(C)c1. The minimum absolute atomic E-state index is 0.160. The molecule has 1 N–H and O–H groups in total. The minimum Gasteiger partial charge on any atom is -0.376 e. The lowest BCUT2D eigenvalue weighted by Gasteiger charge is -2.17. The van der Waals surface area contributed by atoms with Crippen molar-refractivity contribution in [1.82, 2.24) is 9.13 Å². The molecule has 0 unspecified atom stereocenters. The zero-order chi connectivity index (χ0) is 22.1. The molecule has 1 aromatic heterocycles. The first-order chi connectivity index (χ1) is 14.8. The summed E-state index contributed by atoms with van der Waals surface area (Å²) in [5, 5.41) is 3.36. The molecule has 7 heteroatoms. The lowest BCUT2D eigenvalue weighted by Crippen LogP contribution is -2.43. The van der Waals surface area contributed by atoms with Gasteiger partial charge < -0.3 is 10.1 Å². The van der Waals surface area contributed by atoms with Crippen LogP contribution in [0.4, 0.5) is 5.69 Å². The van der Waals surface area contributed by atoms with Gasteiger partial charge in [-0.1, -0.05) is 29.8 Å². The van der Waals surface area contributed by atoms with Gasteiger partial charge in [0.2, 0.25) is 5.91 Å². The molecule has 3 aromatic rings.